The number of amides is 3. The molecular weight excluding hydrogens is 580 g/mol. The predicted octanol–water partition coefficient (Wildman–Crippen LogP) is 5.85. The Morgan fingerprint density at radius 2 is 1.31 bits per heavy atom. The van der Waals surface area contributed by atoms with Crippen LogP contribution in [0.15, 0.2) is 53.5 Å². The van der Waals surface area contributed by atoms with E-state index >= 15 is 0 Å². The second-order valence-corrected chi connectivity index (χ2v) is 12.8. The van der Waals surface area contributed by atoms with E-state index in [1.54, 1.807) is 41.5 Å². The van der Waals surface area contributed by atoms with E-state index in [1.165, 1.54) is 14.1 Å². The molecule has 0 fully saturated rings. The summed E-state index contributed by atoms with van der Waals surface area (Å²) in [4.78, 5) is 56.7. The van der Waals surface area contributed by atoms with Gasteiger partial charge in [0.05, 0.1) is 0 Å². The van der Waals surface area contributed by atoms with E-state index in [0.717, 1.165) is 32.1 Å². The number of carboxylic acids is 1. The summed E-state index contributed by atoms with van der Waals surface area (Å²) in [5.41, 5.74) is 2.67. The number of benzene rings is 2. The lowest BCUT2D eigenvalue weighted by molar-refractivity contribution is -0.139. The minimum absolute atomic E-state index is 0.0165. The number of carbonyl (C=O) groups excluding carboxylic acids is 3. The monoisotopic (exact) mass is 624 g/mol. The zero-order chi connectivity index (χ0) is 33.5. The van der Waals surface area contributed by atoms with E-state index in [0.29, 0.717) is 0 Å². The number of hydrogen-bond donors (Lipinski definition) is 2. The standard InChI is InChI=1S/C33H44N4O8/c1-32(2,3)44-30(41)36(7)28(37(8)31(42)45-33(4,5)6)34-19-13-18-26(27(38)39)35-29(40)43-20-25-23-16-11-9-14-21(23)22-15-10-12-17-24(22)25/h9-12,14-17,25-26H,13,18-20H2,1-8H3,(H,35,40)(H,38,39)/t26-/m0/s1. The molecule has 1 aliphatic carbocycles. The van der Waals surface area contributed by atoms with Crippen LogP contribution in [0, 0.1) is 0 Å². The van der Waals surface area contributed by atoms with E-state index in [2.05, 4.69) is 10.3 Å². The number of hydrogen-bond acceptors (Lipinski definition) is 8. The van der Waals surface area contributed by atoms with E-state index < -0.39 is 41.5 Å². The summed E-state index contributed by atoms with van der Waals surface area (Å²) in [5.74, 6) is -1.44. The Morgan fingerprint density at radius 1 is 0.844 bits per heavy atom. The van der Waals surface area contributed by atoms with Gasteiger partial charge in [0.1, 0.15) is 23.9 Å². The number of aliphatic carboxylic acids is 1. The Bertz CT molecular complexity index is 1340. The highest BCUT2D eigenvalue weighted by Crippen LogP contribution is 2.44. The molecule has 0 aromatic heterocycles. The molecule has 2 aromatic rings. The quantitative estimate of drug-likeness (QED) is 0.161. The van der Waals surface area contributed by atoms with Crippen molar-refractivity contribution in [2.45, 2.75) is 77.5 Å². The van der Waals surface area contributed by atoms with Gasteiger partial charge in [-0.2, -0.15) is 0 Å². The van der Waals surface area contributed by atoms with Crippen molar-refractivity contribution in [3.63, 3.8) is 0 Å². The molecule has 12 heteroatoms. The lowest BCUT2D eigenvalue weighted by atomic mass is 9.98. The minimum atomic E-state index is -1.24. The van der Waals surface area contributed by atoms with Gasteiger partial charge in [0.15, 0.2) is 0 Å². The summed E-state index contributed by atoms with van der Waals surface area (Å²) in [7, 11) is 2.82. The van der Waals surface area contributed by atoms with E-state index in [1.807, 2.05) is 48.5 Å². The second-order valence-electron chi connectivity index (χ2n) is 12.8. The molecule has 45 heavy (non-hydrogen) atoms. The number of carboxylic acid groups (broad SMARTS) is 1. The van der Waals surface area contributed by atoms with Crippen LogP contribution in [0.25, 0.3) is 11.1 Å². The van der Waals surface area contributed by atoms with Crippen molar-refractivity contribution in [2.24, 2.45) is 4.99 Å². The largest absolute Gasteiger partial charge is 0.480 e. The van der Waals surface area contributed by atoms with Crippen molar-refractivity contribution >= 4 is 30.2 Å². The van der Waals surface area contributed by atoms with Gasteiger partial charge < -0.3 is 24.6 Å². The second kappa shape index (κ2) is 14.4. The van der Waals surface area contributed by atoms with Gasteiger partial charge >= 0.3 is 24.2 Å². The molecule has 0 radical (unpaired) electrons. The van der Waals surface area contributed by atoms with Crippen LogP contribution in [-0.2, 0) is 19.0 Å². The Morgan fingerprint density at radius 3 is 1.76 bits per heavy atom. The first-order valence-corrected chi connectivity index (χ1v) is 14.8. The lowest BCUT2D eigenvalue weighted by Crippen LogP contribution is -2.49. The average Bonchev–Trinajstić information content (AvgIpc) is 3.26. The zero-order valence-electron chi connectivity index (χ0n) is 27.2. The number of ether oxygens (including phenoxy) is 3. The van der Waals surface area contributed by atoms with Crippen LogP contribution in [0.1, 0.15) is 71.4 Å². The van der Waals surface area contributed by atoms with Gasteiger partial charge in [0.2, 0.25) is 5.96 Å². The lowest BCUT2D eigenvalue weighted by Gasteiger charge is -2.30. The molecule has 3 rings (SSSR count). The number of carbonyl (C=O) groups is 4. The Kier molecular flexibility index (Phi) is 11.2. The molecule has 244 valence electrons. The van der Waals surface area contributed by atoms with Crippen LogP contribution < -0.4 is 5.32 Å². The first-order valence-electron chi connectivity index (χ1n) is 14.8. The van der Waals surface area contributed by atoms with Gasteiger partial charge in [-0.15, -0.1) is 0 Å². The Hall–Kier alpha value is -4.61. The number of rotatable bonds is 8. The molecule has 2 N–H and O–H groups in total. The molecule has 0 bridgehead atoms. The number of alkyl carbamates (subject to hydrolysis) is 1. The maximum atomic E-state index is 12.8. The van der Waals surface area contributed by atoms with Gasteiger partial charge in [-0.1, -0.05) is 48.5 Å². The Balaban J connectivity index is 1.63. The molecule has 0 spiro atoms. The fourth-order valence-electron chi connectivity index (χ4n) is 4.78. The number of guanidine groups is 1. The summed E-state index contributed by atoms with van der Waals surface area (Å²) in [5, 5.41) is 12.2. The molecular formula is C33H44N4O8. The van der Waals surface area contributed by atoms with E-state index in [9.17, 15) is 24.3 Å². The topological polar surface area (TPSA) is 147 Å². The number of nitrogens with one attached hydrogen (secondary N) is 1. The van der Waals surface area contributed by atoms with Crippen LogP contribution in [0.3, 0.4) is 0 Å². The van der Waals surface area contributed by atoms with E-state index in [4.69, 9.17) is 14.2 Å². The van der Waals surface area contributed by atoms with Gasteiger partial charge in [-0.25, -0.2) is 19.2 Å². The maximum absolute atomic E-state index is 12.8. The molecule has 1 aliphatic rings. The van der Waals surface area contributed by atoms with Gasteiger partial charge in [0, 0.05) is 26.6 Å². The van der Waals surface area contributed by atoms with Gasteiger partial charge in [-0.3, -0.25) is 14.8 Å². The van der Waals surface area contributed by atoms with Crippen LogP contribution >= 0.6 is 0 Å². The molecule has 12 nitrogen and oxygen atoms in total. The number of fused-ring (bicyclic) bond motifs is 3. The van der Waals surface area contributed by atoms with Gasteiger partial charge in [0.25, 0.3) is 0 Å². The molecule has 1 atom stereocenters. The van der Waals surface area contributed by atoms with Gasteiger partial charge in [-0.05, 0) is 76.6 Å². The summed E-state index contributed by atoms with van der Waals surface area (Å²) in [6.07, 6.45) is -2.10. The average molecular weight is 625 g/mol. The van der Waals surface area contributed by atoms with Crippen molar-refractivity contribution in [1.29, 1.82) is 0 Å². The molecule has 2 aromatic carbocycles. The first-order chi connectivity index (χ1) is 21.0. The SMILES string of the molecule is CN(C(=O)OC(C)(C)C)C(=NCCC[C@H](NC(=O)OCC1c2ccccc2-c2ccccc21)C(=O)O)N(C)C(=O)OC(C)(C)C. The van der Waals surface area contributed by atoms with Crippen LogP contribution in [0.4, 0.5) is 14.4 Å². The van der Waals surface area contributed by atoms with E-state index in [-0.39, 0.29) is 37.9 Å². The summed E-state index contributed by atoms with van der Waals surface area (Å²) >= 11 is 0. The predicted molar refractivity (Wildman–Crippen MR) is 169 cm³/mol. The molecule has 0 heterocycles. The third kappa shape index (κ3) is 9.69. The highest BCUT2D eigenvalue weighted by atomic mass is 16.6. The fraction of sp³-hybridized carbons (Fsp3) is 0.485. The Labute approximate surface area is 264 Å². The zero-order valence-corrected chi connectivity index (χ0v) is 27.2. The first kappa shape index (κ1) is 34.9. The molecule has 0 unspecified atom stereocenters. The minimum Gasteiger partial charge on any atom is -0.480 e. The fourth-order valence-corrected chi connectivity index (χ4v) is 4.78. The normalized spacial score (nSPS) is 13.1. The maximum Gasteiger partial charge on any atom is 0.416 e. The van der Waals surface area contributed by atoms with Crippen LogP contribution in [0.5, 0.6) is 0 Å². The molecule has 0 saturated heterocycles. The third-order valence-electron chi connectivity index (χ3n) is 6.77. The highest BCUT2D eigenvalue weighted by molar-refractivity contribution is 6.01. The van der Waals surface area contributed by atoms with Crippen molar-refractivity contribution in [3.8, 4) is 11.1 Å². The van der Waals surface area contributed by atoms with Crippen LogP contribution in [-0.4, -0.2) is 89.6 Å². The van der Waals surface area contributed by atoms with Crippen LogP contribution in [0.2, 0.25) is 0 Å². The van der Waals surface area contributed by atoms with Crippen molar-refractivity contribution < 1.29 is 38.5 Å². The van der Waals surface area contributed by atoms with Crippen molar-refractivity contribution in [3.05, 3.63) is 59.7 Å². The number of nitrogens with zero attached hydrogens (tertiary/aromatic N) is 3. The summed E-state index contributed by atoms with van der Waals surface area (Å²) in [6, 6.07) is 14.6. The van der Waals surface area contributed by atoms with Crippen molar-refractivity contribution in [2.75, 3.05) is 27.2 Å². The molecule has 3 amide bonds. The third-order valence-corrected chi connectivity index (χ3v) is 6.77. The smallest absolute Gasteiger partial charge is 0.416 e. The molecule has 0 saturated carbocycles. The summed E-state index contributed by atoms with van der Waals surface area (Å²) in [6.45, 7) is 10.3. The molecule has 0 aliphatic heterocycles. The summed E-state index contributed by atoms with van der Waals surface area (Å²) < 4.78 is 16.3. The highest BCUT2D eigenvalue weighted by Gasteiger charge is 2.31. The number of aliphatic imine (C=N–C) groups is 1. The van der Waals surface area contributed by atoms with Crippen molar-refractivity contribution in [1.82, 2.24) is 15.1 Å².